The van der Waals surface area contributed by atoms with Crippen LogP contribution in [-0.2, 0) is 11.8 Å². The second kappa shape index (κ2) is 8.42. The molecular weight excluding hydrogens is 284 g/mol. The molecule has 0 amide bonds. The average molecular weight is 312 g/mol. The normalized spacial score (nSPS) is 14.0. The van der Waals surface area contributed by atoms with Crippen molar-refractivity contribution in [1.82, 2.24) is 0 Å². The highest BCUT2D eigenvalue weighted by Gasteiger charge is 2.26. The topological polar surface area (TPSA) is 40.5 Å². The summed E-state index contributed by atoms with van der Waals surface area (Å²) in [4.78, 5) is 0. The van der Waals surface area contributed by atoms with Crippen molar-refractivity contribution >= 4 is 0 Å². The Morgan fingerprint density at radius 2 is 1.96 bits per heavy atom. The number of allylic oxidation sites excluding steroid dienone is 5. The molecule has 2 N–H and O–H groups in total. The van der Waals surface area contributed by atoms with Crippen LogP contribution in [0.5, 0.6) is 5.75 Å². The molecule has 0 saturated carbocycles. The zero-order chi connectivity index (χ0) is 17.5. The fourth-order valence-corrected chi connectivity index (χ4v) is 2.32. The van der Waals surface area contributed by atoms with Crippen LogP contribution >= 0.6 is 0 Å². The minimum atomic E-state index is -0.126. The lowest BCUT2D eigenvalue weighted by atomic mass is 9.73. The van der Waals surface area contributed by atoms with Gasteiger partial charge in [0, 0.05) is 0 Å². The van der Waals surface area contributed by atoms with Gasteiger partial charge in [0.2, 0.25) is 0 Å². The van der Waals surface area contributed by atoms with E-state index in [1.54, 1.807) is 30.4 Å². The number of hydrogen-bond donors (Lipinski definition) is 2. The van der Waals surface area contributed by atoms with Gasteiger partial charge in [0.15, 0.2) is 0 Å². The lowest BCUT2D eigenvalue weighted by molar-refractivity contribution is 0.401. The Morgan fingerprint density at radius 1 is 1.26 bits per heavy atom. The lowest BCUT2D eigenvalue weighted by Crippen LogP contribution is -2.25. The maximum absolute atomic E-state index is 9.92. The van der Waals surface area contributed by atoms with E-state index in [9.17, 15) is 10.2 Å². The fraction of sp³-hybridized carbons (Fsp3) is 0.333. The molecule has 2 heteroatoms. The van der Waals surface area contributed by atoms with E-state index in [2.05, 4.69) is 33.9 Å². The molecule has 0 aromatic heterocycles. The summed E-state index contributed by atoms with van der Waals surface area (Å²) in [6.45, 7) is 13.8. The van der Waals surface area contributed by atoms with Crippen LogP contribution in [0, 0.1) is 5.92 Å². The van der Waals surface area contributed by atoms with Crippen LogP contribution < -0.4 is 0 Å². The summed E-state index contributed by atoms with van der Waals surface area (Å²) >= 11 is 0. The highest BCUT2D eigenvalue weighted by atomic mass is 16.3. The molecule has 0 aliphatic rings. The standard InChI is InChI=1S/C21H28O2/c1-6-8-10-19(22)13-11-16(3)21(4,5)18-12-14-20(23)17(15-18)9-7-2/h6-7,10-16,22-23H,1-2,8-9H2,3-5H3/b13-11-,19-10-. The van der Waals surface area contributed by atoms with Gasteiger partial charge in [-0.15, -0.1) is 13.2 Å². The molecule has 2 nitrogen and oxygen atoms in total. The number of aliphatic hydroxyl groups excluding tert-OH is 1. The van der Waals surface area contributed by atoms with Crippen LogP contribution in [0.3, 0.4) is 0 Å². The summed E-state index contributed by atoms with van der Waals surface area (Å²) < 4.78 is 0. The van der Waals surface area contributed by atoms with Crippen molar-refractivity contribution in [3.05, 3.63) is 78.6 Å². The molecule has 0 fully saturated rings. The molecule has 0 aliphatic carbocycles. The number of phenols is 1. The van der Waals surface area contributed by atoms with Gasteiger partial charge >= 0.3 is 0 Å². The minimum absolute atomic E-state index is 0.126. The molecule has 1 unspecified atom stereocenters. The van der Waals surface area contributed by atoms with E-state index in [1.165, 1.54) is 0 Å². The zero-order valence-electron chi connectivity index (χ0n) is 14.4. The third kappa shape index (κ3) is 5.17. The summed E-state index contributed by atoms with van der Waals surface area (Å²) in [5, 5.41) is 19.7. The lowest BCUT2D eigenvalue weighted by Gasteiger charge is -2.31. The van der Waals surface area contributed by atoms with E-state index in [1.807, 2.05) is 18.2 Å². The van der Waals surface area contributed by atoms with Crippen molar-refractivity contribution in [2.75, 3.05) is 0 Å². The average Bonchev–Trinajstić information content (AvgIpc) is 2.52. The van der Waals surface area contributed by atoms with Gasteiger partial charge in [0.25, 0.3) is 0 Å². The SMILES string of the molecule is C=CC/C=C(O)/C=C\C(C)C(C)(C)c1ccc(O)c(CC=C)c1. The largest absolute Gasteiger partial charge is 0.508 e. The maximum Gasteiger partial charge on any atom is 0.119 e. The smallest absolute Gasteiger partial charge is 0.119 e. The Hall–Kier alpha value is -2.22. The molecule has 1 rings (SSSR count). The number of aromatic hydroxyl groups is 1. The van der Waals surface area contributed by atoms with Gasteiger partial charge in [0.1, 0.15) is 11.5 Å². The molecular formula is C21H28O2. The third-order valence-corrected chi connectivity index (χ3v) is 4.38. The van der Waals surface area contributed by atoms with Crippen LogP contribution in [0.25, 0.3) is 0 Å². The first-order chi connectivity index (χ1) is 10.8. The van der Waals surface area contributed by atoms with E-state index < -0.39 is 0 Å². The first-order valence-corrected chi connectivity index (χ1v) is 7.94. The predicted molar refractivity (Wildman–Crippen MR) is 98.9 cm³/mol. The molecule has 0 spiro atoms. The predicted octanol–water partition coefficient (Wildman–Crippen LogP) is 5.61. The second-order valence-corrected chi connectivity index (χ2v) is 6.36. The van der Waals surface area contributed by atoms with Gasteiger partial charge in [0.05, 0.1) is 0 Å². The Kier molecular flexibility index (Phi) is 6.89. The number of benzene rings is 1. The van der Waals surface area contributed by atoms with E-state index in [-0.39, 0.29) is 17.1 Å². The van der Waals surface area contributed by atoms with Crippen LogP contribution in [-0.4, -0.2) is 10.2 Å². The molecule has 0 heterocycles. The van der Waals surface area contributed by atoms with E-state index in [4.69, 9.17) is 0 Å². The molecule has 0 aliphatic heterocycles. The maximum atomic E-state index is 9.92. The van der Waals surface area contributed by atoms with Gasteiger partial charge in [-0.25, -0.2) is 0 Å². The second-order valence-electron chi connectivity index (χ2n) is 6.36. The molecule has 0 radical (unpaired) electrons. The monoisotopic (exact) mass is 312 g/mol. The van der Waals surface area contributed by atoms with Crippen LogP contribution in [0.1, 0.15) is 38.3 Å². The van der Waals surface area contributed by atoms with Gasteiger partial charge in [-0.1, -0.05) is 51.1 Å². The summed E-state index contributed by atoms with van der Waals surface area (Å²) in [6.07, 6.45) is 10.3. The number of hydrogen-bond acceptors (Lipinski definition) is 2. The van der Waals surface area contributed by atoms with Gasteiger partial charge in [-0.05, 0) is 53.5 Å². The Bertz CT molecular complexity index is 606. The van der Waals surface area contributed by atoms with Gasteiger partial charge < -0.3 is 10.2 Å². The third-order valence-electron chi connectivity index (χ3n) is 4.38. The quantitative estimate of drug-likeness (QED) is 0.372. The van der Waals surface area contributed by atoms with Crippen molar-refractivity contribution in [3.8, 4) is 5.75 Å². The van der Waals surface area contributed by atoms with Crippen molar-refractivity contribution in [2.24, 2.45) is 5.92 Å². The molecule has 1 aromatic carbocycles. The van der Waals surface area contributed by atoms with Crippen molar-refractivity contribution < 1.29 is 10.2 Å². The highest BCUT2D eigenvalue weighted by molar-refractivity contribution is 5.40. The van der Waals surface area contributed by atoms with Crippen molar-refractivity contribution in [1.29, 1.82) is 0 Å². The van der Waals surface area contributed by atoms with Gasteiger partial charge in [-0.2, -0.15) is 0 Å². The molecule has 23 heavy (non-hydrogen) atoms. The summed E-state index contributed by atoms with van der Waals surface area (Å²) in [7, 11) is 0. The first kappa shape index (κ1) is 18.8. The van der Waals surface area contributed by atoms with Crippen LogP contribution in [0.4, 0.5) is 0 Å². The zero-order valence-corrected chi connectivity index (χ0v) is 14.4. The fourth-order valence-electron chi connectivity index (χ4n) is 2.32. The Morgan fingerprint density at radius 3 is 2.57 bits per heavy atom. The molecule has 124 valence electrons. The summed E-state index contributed by atoms with van der Waals surface area (Å²) in [6, 6.07) is 5.74. The summed E-state index contributed by atoms with van der Waals surface area (Å²) in [5.41, 5.74) is 1.91. The molecule has 0 bridgehead atoms. The Labute approximate surface area is 140 Å². The number of phenolic OH excluding ortho intramolecular Hbond substituents is 1. The number of aliphatic hydroxyl groups is 1. The van der Waals surface area contributed by atoms with Crippen LogP contribution in [0.2, 0.25) is 0 Å². The van der Waals surface area contributed by atoms with Crippen molar-refractivity contribution in [2.45, 2.75) is 39.0 Å². The number of rotatable bonds is 8. The van der Waals surface area contributed by atoms with Crippen molar-refractivity contribution in [3.63, 3.8) is 0 Å². The first-order valence-electron chi connectivity index (χ1n) is 7.94. The van der Waals surface area contributed by atoms with Gasteiger partial charge in [-0.3, -0.25) is 0 Å². The molecule has 0 saturated heterocycles. The Balaban J connectivity index is 3.00. The van der Waals surface area contributed by atoms with Crippen LogP contribution in [0.15, 0.2) is 67.5 Å². The molecule has 1 aromatic rings. The van der Waals surface area contributed by atoms with E-state index in [0.29, 0.717) is 18.6 Å². The van der Waals surface area contributed by atoms with E-state index >= 15 is 0 Å². The summed E-state index contributed by atoms with van der Waals surface area (Å²) in [5.74, 6) is 0.770. The minimum Gasteiger partial charge on any atom is -0.508 e. The van der Waals surface area contributed by atoms with E-state index in [0.717, 1.165) is 11.1 Å². The molecule has 1 atom stereocenters. The highest BCUT2D eigenvalue weighted by Crippen LogP contribution is 2.35.